The summed E-state index contributed by atoms with van der Waals surface area (Å²) in [6, 6.07) is 0. The SMILES string of the molecule is CCOC(=O)C1C=CCC(C(=O)OCC)C1. The van der Waals surface area contributed by atoms with Crippen LogP contribution in [0.3, 0.4) is 0 Å². The van der Waals surface area contributed by atoms with Crippen LogP contribution in [0.2, 0.25) is 0 Å². The molecule has 1 aliphatic rings. The van der Waals surface area contributed by atoms with E-state index in [1.807, 2.05) is 12.2 Å². The zero-order chi connectivity index (χ0) is 12.0. The maximum atomic E-state index is 11.5. The lowest BCUT2D eigenvalue weighted by Gasteiger charge is -2.21. The smallest absolute Gasteiger partial charge is 0.312 e. The summed E-state index contributed by atoms with van der Waals surface area (Å²) in [6.07, 6.45) is 4.81. The number of allylic oxidation sites excluding steroid dienone is 1. The average Bonchev–Trinajstić information content (AvgIpc) is 2.30. The molecule has 1 aliphatic carbocycles. The predicted molar refractivity (Wildman–Crippen MR) is 58.6 cm³/mol. The Morgan fingerprint density at radius 2 is 1.81 bits per heavy atom. The van der Waals surface area contributed by atoms with E-state index in [9.17, 15) is 9.59 Å². The molecule has 0 N–H and O–H groups in total. The topological polar surface area (TPSA) is 52.6 Å². The summed E-state index contributed by atoms with van der Waals surface area (Å²) >= 11 is 0. The molecule has 0 aromatic rings. The van der Waals surface area contributed by atoms with Crippen LogP contribution in [0, 0.1) is 11.8 Å². The van der Waals surface area contributed by atoms with Gasteiger partial charge in [0.15, 0.2) is 0 Å². The van der Waals surface area contributed by atoms with Gasteiger partial charge in [0.25, 0.3) is 0 Å². The van der Waals surface area contributed by atoms with E-state index >= 15 is 0 Å². The van der Waals surface area contributed by atoms with E-state index in [2.05, 4.69) is 0 Å². The summed E-state index contributed by atoms with van der Waals surface area (Å²) in [6.45, 7) is 4.29. The first kappa shape index (κ1) is 12.7. The van der Waals surface area contributed by atoms with Crippen molar-refractivity contribution in [2.45, 2.75) is 26.7 Å². The zero-order valence-corrected chi connectivity index (χ0v) is 9.77. The molecule has 0 heterocycles. The van der Waals surface area contributed by atoms with Gasteiger partial charge in [0.2, 0.25) is 0 Å². The molecule has 4 heteroatoms. The highest BCUT2D eigenvalue weighted by molar-refractivity contribution is 5.78. The molecule has 1 rings (SSSR count). The van der Waals surface area contributed by atoms with Crippen molar-refractivity contribution in [3.05, 3.63) is 12.2 Å². The van der Waals surface area contributed by atoms with E-state index in [0.29, 0.717) is 26.1 Å². The van der Waals surface area contributed by atoms with Crippen LogP contribution in [0.1, 0.15) is 26.7 Å². The van der Waals surface area contributed by atoms with Crippen LogP contribution in [-0.2, 0) is 19.1 Å². The third-order valence-corrected chi connectivity index (χ3v) is 2.54. The molecular formula is C12H18O4. The fraction of sp³-hybridized carbons (Fsp3) is 0.667. The van der Waals surface area contributed by atoms with Gasteiger partial charge in [0, 0.05) is 0 Å². The monoisotopic (exact) mass is 226 g/mol. The minimum absolute atomic E-state index is 0.209. The Bertz CT molecular complexity index is 283. The molecule has 0 spiro atoms. The first-order valence-corrected chi connectivity index (χ1v) is 5.69. The standard InChI is InChI=1S/C12H18O4/c1-3-15-11(13)9-6-5-7-10(8-9)12(14)16-4-2/h5-6,9-10H,3-4,7-8H2,1-2H3. The zero-order valence-electron chi connectivity index (χ0n) is 9.77. The highest BCUT2D eigenvalue weighted by Crippen LogP contribution is 2.25. The molecule has 0 radical (unpaired) electrons. The fourth-order valence-electron chi connectivity index (χ4n) is 1.77. The largest absolute Gasteiger partial charge is 0.466 e. The fourth-order valence-corrected chi connectivity index (χ4v) is 1.77. The van der Waals surface area contributed by atoms with Gasteiger partial charge in [-0.15, -0.1) is 0 Å². The van der Waals surface area contributed by atoms with E-state index in [1.165, 1.54) is 0 Å². The number of ether oxygens (including phenoxy) is 2. The summed E-state index contributed by atoms with van der Waals surface area (Å²) < 4.78 is 9.87. The summed E-state index contributed by atoms with van der Waals surface area (Å²) in [5.74, 6) is -0.989. The van der Waals surface area contributed by atoms with Crippen molar-refractivity contribution < 1.29 is 19.1 Å². The summed E-state index contributed by atoms with van der Waals surface area (Å²) in [5.41, 5.74) is 0. The minimum atomic E-state index is -0.303. The lowest BCUT2D eigenvalue weighted by atomic mass is 9.87. The first-order chi connectivity index (χ1) is 7.69. The lowest BCUT2D eigenvalue weighted by molar-refractivity contribution is -0.151. The molecule has 0 amide bonds. The van der Waals surface area contributed by atoms with Crippen molar-refractivity contribution in [3.8, 4) is 0 Å². The quantitative estimate of drug-likeness (QED) is 0.540. The van der Waals surface area contributed by atoms with E-state index in [4.69, 9.17) is 9.47 Å². The lowest BCUT2D eigenvalue weighted by Crippen LogP contribution is -2.27. The normalized spacial score (nSPS) is 23.9. The van der Waals surface area contributed by atoms with Crippen molar-refractivity contribution in [1.82, 2.24) is 0 Å². The third kappa shape index (κ3) is 3.36. The van der Waals surface area contributed by atoms with Crippen LogP contribution in [0.25, 0.3) is 0 Å². The molecule has 2 atom stereocenters. The van der Waals surface area contributed by atoms with Crippen molar-refractivity contribution in [1.29, 1.82) is 0 Å². The Labute approximate surface area is 95.6 Å². The molecular weight excluding hydrogens is 208 g/mol. The molecule has 4 nitrogen and oxygen atoms in total. The summed E-state index contributed by atoms with van der Waals surface area (Å²) in [5, 5.41) is 0. The van der Waals surface area contributed by atoms with E-state index in [1.54, 1.807) is 13.8 Å². The van der Waals surface area contributed by atoms with Crippen LogP contribution in [-0.4, -0.2) is 25.2 Å². The molecule has 0 aliphatic heterocycles. The maximum Gasteiger partial charge on any atom is 0.312 e. The molecule has 0 saturated heterocycles. The van der Waals surface area contributed by atoms with Crippen LogP contribution >= 0.6 is 0 Å². The van der Waals surface area contributed by atoms with Gasteiger partial charge in [-0.25, -0.2) is 0 Å². The van der Waals surface area contributed by atoms with Gasteiger partial charge in [-0.05, 0) is 26.7 Å². The van der Waals surface area contributed by atoms with Gasteiger partial charge in [-0.1, -0.05) is 12.2 Å². The number of carbonyl (C=O) groups is 2. The van der Waals surface area contributed by atoms with Gasteiger partial charge in [0.05, 0.1) is 25.0 Å². The van der Waals surface area contributed by atoms with Crippen molar-refractivity contribution in [2.75, 3.05) is 13.2 Å². The molecule has 16 heavy (non-hydrogen) atoms. The Kier molecular flexibility index (Phi) is 5.02. The maximum absolute atomic E-state index is 11.5. The van der Waals surface area contributed by atoms with Gasteiger partial charge in [-0.3, -0.25) is 9.59 Å². The predicted octanol–water partition coefficient (Wildman–Crippen LogP) is 1.70. The Balaban J connectivity index is 2.53. The van der Waals surface area contributed by atoms with Gasteiger partial charge >= 0.3 is 11.9 Å². The molecule has 0 aromatic heterocycles. The van der Waals surface area contributed by atoms with E-state index < -0.39 is 0 Å². The number of carbonyl (C=O) groups excluding carboxylic acids is 2. The highest BCUT2D eigenvalue weighted by atomic mass is 16.5. The number of esters is 2. The molecule has 0 aromatic carbocycles. The van der Waals surface area contributed by atoms with E-state index in [0.717, 1.165) is 0 Å². The van der Waals surface area contributed by atoms with E-state index in [-0.39, 0.29) is 23.8 Å². The van der Waals surface area contributed by atoms with Crippen molar-refractivity contribution >= 4 is 11.9 Å². The Morgan fingerprint density at radius 1 is 1.19 bits per heavy atom. The Morgan fingerprint density at radius 3 is 2.44 bits per heavy atom. The first-order valence-electron chi connectivity index (χ1n) is 5.69. The number of rotatable bonds is 4. The van der Waals surface area contributed by atoms with Gasteiger partial charge in [-0.2, -0.15) is 0 Å². The van der Waals surface area contributed by atoms with Crippen LogP contribution in [0.15, 0.2) is 12.2 Å². The molecule has 0 fully saturated rings. The molecule has 90 valence electrons. The van der Waals surface area contributed by atoms with Crippen molar-refractivity contribution in [2.24, 2.45) is 11.8 Å². The Hall–Kier alpha value is -1.32. The number of hydrogen-bond donors (Lipinski definition) is 0. The average molecular weight is 226 g/mol. The second kappa shape index (κ2) is 6.30. The van der Waals surface area contributed by atoms with Crippen molar-refractivity contribution in [3.63, 3.8) is 0 Å². The second-order valence-corrected chi connectivity index (χ2v) is 3.71. The second-order valence-electron chi connectivity index (χ2n) is 3.71. The molecule has 0 saturated carbocycles. The van der Waals surface area contributed by atoms with Crippen LogP contribution < -0.4 is 0 Å². The van der Waals surface area contributed by atoms with Gasteiger partial charge in [0.1, 0.15) is 0 Å². The third-order valence-electron chi connectivity index (χ3n) is 2.54. The van der Waals surface area contributed by atoms with Crippen LogP contribution in [0.4, 0.5) is 0 Å². The van der Waals surface area contributed by atoms with Gasteiger partial charge < -0.3 is 9.47 Å². The van der Waals surface area contributed by atoms with Crippen LogP contribution in [0.5, 0.6) is 0 Å². The summed E-state index contributed by atoms with van der Waals surface area (Å²) in [4.78, 5) is 23.0. The summed E-state index contributed by atoms with van der Waals surface area (Å²) in [7, 11) is 0. The minimum Gasteiger partial charge on any atom is -0.466 e. The molecule has 0 bridgehead atoms. The molecule has 2 unspecified atom stereocenters. The number of hydrogen-bond acceptors (Lipinski definition) is 4. The highest BCUT2D eigenvalue weighted by Gasteiger charge is 2.29.